The molecule has 8 heteroatoms. The number of halogens is 1. The van der Waals surface area contributed by atoms with E-state index < -0.39 is 21.3 Å². The number of anilines is 2. The van der Waals surface area contributed by atoms with Crippen LogP contribution in [0, 0.1) is 0 Å². The van der Waals surface area contributed by atoms with Crippen LogP contribution in [0.4, 0.5) is 17.5 Å². The minimum absolute atomic E-state index is 0.0651. The van der Waals surface area contributed by atoms with Gasteiger partial charge in [0.25, 0.3) is 5.56 Å². The third kappa shape index (κ3) is 0.992. The average molecular weight is 280 g/mol. The van der Waals surface area contributed by atoms with Crippen molar-refractivity contribution >= 4 is 38.8 Å². The predicted octanol–water partition coefficient (Wildman–Crippen LogP) is -0.253. The van der Waals surface area contributed by atoms with Crippen LogP contribution in [0.25, 0.3) is 0 Å². The summed E-state index contributed by atoms with van der Waals surface area (Å²) >= 11 is -0.682. The highest BCUT2D eigenvalue weighted by Gasteiger charge is 2.18. The van der Waals surface area contributed by atoms with Gasteiger partial charge in [0.2, 0.25) is 5.95 Å². The van der Waals surface area contributed by atoms with Gasteiger partial charge in [0.05, 0.1) is 0 Å². The van der Waals surface area contributed by atoms with Crippen LogP contribution in [0.15, 0.2) is 7.94 Å². The Labute approximate surface area is 77.3 Å². The summed E-state index contributed by atoms with van der Waals surface area (Å²) in [5, 5.41) is 0. The summed E-state index contributed by atoms with van der Waals surface area (Å²) in [4.78, 5) is 17.3. The maximum Gasteiger partial charge on any atom is 0.281 e. The predicted molar refractivity (Wildman–Crippen MR) is 52.0 cm³/mol. The molecule has 0 aliphatic carbocycles. The van der Waals surface area contributed by atoms with Crippen LogP contribution < -0.4 is 20.4 Å². The number of hydrogen-bond donors (Lipinski definition) is 3. The fourth-order valence-corrected chi connectivity index (χ4v) is 2.24. The van der Waals surface area contributed by atoms with Crippen molar-refractivity contribution in [1.29, 1.82) is 0 Å². The number of aromatic amines is 1. The first-order chi connectivity index (χ1) is 5.68. The van der Waals surface area contributed by atoms with Crippen LogP contribution in [0.1, 0.15) is 0 Å². The molecule has 0 fully saturated rings. The van der Waals surface area contributed by atoms with Gasteiger partial charge < -0.3 is 5.73 Å². The van der Waals surface area contributed by atoms with E-state index in [1.165, 1.54) is 3.22 Å². The second-order valence-corrected chi connectivity index (χ2v) is 4.05. The maximum absolute atomic E-state index is 11.1. The van der Waals surface area contributed by atoms with Crippen molar-refractivity contribution < 1.29 is 0 Å². The standard InChI is InChI=1S/C4H5IN6O/c6-4-8-2-1(3(12)9-4)10-5-11(2)7/h7H2,(H3,6,8,9,12). The number of hydrogen-bond acceptors (Lipinski definition) is 6. The molecule has 1 aliphatic rings. The topological polar surface area (TPSA) is 113 Å². The highest BCUT2D eigenvalue weighted by Crippen LogP contribution is 2.34. The Kier molecular flexibility index (Phi) is 1.58. The van der Waals surface area contributed by atoms with Crippen molar-refractivity contribution in [2.24, 2.45) is 8.99 Å². The van der Waals surface area contributed by atoms with E-state index in [9.17, 15) is 4.79 Å². The monoisotopic (exact) mass is 280 g/mol. The number of aromatic nitrogens is 2. The highest BCUT2D eigenvalue weighted by atomic mass is 127. The Morgan fingerprint density at radius 2 is 2.33 bits per heavy atom. The molecule has 64 valence electrons. The Morgan fingerprint density at radius 1 is 1.58 bits per heavy atom. The smallest absolute Gasteiger partial charge is 0.281 e. The second kappa shape index (κ2) is 2.48. The lowest BCUT2D eigenvalue weighted by Crippen LogP contribution is -2.21. The van der Waals surface area contributed by atoms with Gasteiger partial charge in [0.1, 0.15) is 21.3 Å². The molecule has 12 heavy (non-hydrogen) atoms. The first-order valence-electron chi connectivity index (χ1n) is 2.98. The largest absolute Gasteiger partial charge is 0.369 e. The van der Waals surface area contributed by atoms with Crippen LogP contribution in [0.5, 0.6) is 0 Å². The van der Waals surface area contributed by atoms with Gasteiger partial charge in [-0.05, 0) is 0 Å². The lowest BCUT2D eigenvalue weighted by molar-refractivity contribution is 1.09. The van der Waals surface area contributed by atoms with Crippen molar-refractivity contribution in [3.8, 4) is 0 Å². The molecular weight excluding hydrogens is 275 g/mol. The first kappa shape index (κ1) is 7.61. The molecule has 1 aromatic heterocycles. The van der Waals surface area contributed by atoms with E-state index in [-0.39, 0.29) is 11.5 Å². The molecule has 0 atom stereocenters. The molecule has 0 unspecified atom stereocenters. The van der Waals surface area contributed by atoms with Crippen molar-refractivity contribution in [1.82, 2.24) is 9.97 Å². The number of fused-ring (bicyclic) bond motifs is 1. The maximum atomic E-state index is 11.1. The van der Waals surface area contributed by atoms with Gasteiger partial charge in [0, 0.05) is 0 Å². The van der Waals surface area contributed by atoms with Crippen LogP contribution in [0.3, 0.4) is 0 Å². The summed E-state index contributed by atoms with van der Waals surface area (Å²) in [7, 11) is 0. The third-order valence-electron chi connectivity index (χ3n) is 1.30. The molecule has 5 N–H and O–H groups in total. The number of hydrazine groups is 1. The number of nitrogen functional groups attached to an aromatic ring is 1. The fraction of sp³-hybridized carbons (Fsp3) is 0. The zero-order valence-electron chi connectivity index (χ0n) is 5.78. The number of H-pyrrole nitrogens is 1. The molecule has 7 nitrogen and oxygen atoms in total. The lowest BCUT2D eigenvalue weighted by Gasteiger charge is -2.04. The molecular formula is C4H5IN6O. The molecule has 2 rings (SSSR count). The molecule has 0 saturated heterocycles. The van der Waals surface area contributed by atoms with Crippen LogP contribution in [0.2, 0.25) is 0 Å². The minimum atomic E-state index is -0.682. The zero-order chi connectivity index (χ0) is 8.72. The van der Waals surface area contributed by atoms with Crippen molar-refractivity contribution in [2.75, 3.05) is 8.96 Å². The summed E-state index contributed by atoms with van der Waals surface area (Å²) in [6.07, 6.45) is 0. The molecule has 0 aromatic carbocycles. The molecule has 0 amide bonds. The Balaban J connectivity index is 2.75. The summed E-state index contributed by atoms with van der Waals surface area (Å²) in [5.74, 6) is 5.95. The summed E-state index contributed by atoms with van der Waals surface area (Å²) in [5.41, 5.74) is 5.28. The number of nitrogens with two attached hydrogens (primary N) is 2. The number of nitrogens with one attached hydrogen (secondary N) is 1. The third-order valence-corrected chi connectivity index (χ3v) is 2.92. The summed E-state index contributed by atoms with van der Waals surface area (Å²) < 4.78 is 5.34. The van der Waals surface area contributed by atoms with E-state index in [1.807, 2.05) is 0 Å². The van der Waals surface area contributed by atoms with Gasteiger partial charge in [0.15, 0.2) is 11.5 Å². The van der Waals surface area contributed by atoms with Gasteiger partial charge in [-0.15, -0.1) is 0 Å². The van der Waals surface area contributed by atoms with E-state index >= 15 is 0 Å². The molecule has 0 spiro atoms. The van der Waals surface area contributed by atoms with E-state index in [0.29, 0.717) is 11.5 Å². The normalized spacial score (nSPS) is 14.2. The molecule has 0 bridgehead atoms. The van der Waals surface area contributed by atoms with E-state index in [4.69, 9.17) is 11.6 Å². The number of nitrogens with zero attached hydrogens (tertiary/aromatic N) is 3. The van der Waals surface area contributed by atoms with Crippen molar-refractivity contribution in [2.45, 2.75) is 0 Å². The second-order valence-electron chi connectivity index (χ2n) is 2.09. The Bertz CT molecular complexity index is 410. The quantitative estimate of drug-likeness (QED) is 0.344. The molecule has 2 heterocycles. The molecule has 1 aliphatic heterocycles. The Morgan fingerprint density at radius 3 is 3.08 bits per heavy atom. The van der Waals surface area contributed by atoms with Gasteiger partial charge >= 0.3 is 0 Å². The van der Waals surface area contributed by atoms with Gasteiger partial charge in [-0.1, -0.05) is 0 Å². The zero-order valence-corrected chi connectivity index (χ0v) is 7.94. The van der Waals surface area contributed by atoms with Gasteiger partial charge in [-0.2, -0.15) is 8.13 Å². The van der Waals surface area contributed by atoms with Gasteiger partial charge in [-0.3, -0.25) is 9.78 Å². The summed E-state index contributed by atoms with van der Waals surface area (Å²) in [6, 6.07) is 0. The molecule has 0 saturated carbocycles. The highest BCUT2D eigenvalue weighted by molar-refractivity contribution is 14.2. The van der Waals surface area contributed by atoms with E-state index in [2.05, 4.69) is 13.1 Å². The van der Waals surface area contributed by atoms with E-state index in [1.54, 1.807) is 0 Å². The van der Waals surface area contributed by atoms with Crippen LogP contribution in [-0.2, 0) is 0 Å². The fourth-order valence-electron chi connectivity index (χ4n) is 0.811. The van der Waals surface area contributed by atoms with Crippen LogP contribution in [-0.4, -0.2) is 9.97 Å². The minimum Gasteiger partial charge on any atom is -0.369 e. The van der Waals surface area contributed by atoms with Crippen molar-refractivity contribution in [3.05, 3.63) is 10.4 Å². The van der Waals surface area contributed by atoms with Crippen molar-refractivity contribution in [3.63, 3.8) is 0 Å². The number of rotatable bonds is 0. The average Bonchev–Trinajstić information content (AvgIpc) is 2.33. The molecule has 1 aromatic rings. The van der Waals surface area contributed by atoms with Gasteiger partial charge in [-0.25, -0.2) is 9.06 Å². The van der Waals surface area contributed by atoms with E-state index in [0.717, 1.165) is 0 Å². The van der Waals surface area contributed by atoms with Crippen LogP contribution >= 0.6 is 21.3 Å². The molecule has 0 radical (unpaired) electrons. The SMILES string of the molecule is Nc1nc2c(c(=O)[nH]1)N=IN2N. The summed E-state index contributed by atoms with van der Waals surface area (Å²) in [6.45, 7) is 0. The lowest BCUT2D eigenvalue weighted by atomic mass is 10.5. The first-order valence-corrected chi connectivity index (χ1v) is 4.91. The Hall–Kier alpha value is -1.03.